The van der Waals surface area contributed by atoms with Crippen molar-refractivity contribution in [2.75, 3.05) is 27.7 Å². The number of carbonyl (C=O) groups excluding carboxylic acids is 1. The second-order valence-electron chi connectivity index (χ2n) is 8.88. The lowest BCUT2D eigenvalue weighted by Gasteiger charge is -2.30. The van der Waals surface area contributed by atoms with E-state index in [2.05, 4.69) is 4.90 Å². The molecule has 0 saturated heterocycles. The van der Waals surface area contributed by atoms with Crippen LogP contribution in [0.5, 0.6) is 34.5 Å². The lowest BCUT2D eigenvalue weighted by Crippen LogP contribution is -2.31. The number of methoxy groups -OCH3 is 2. The number of benzene rings is 3. The maximum atomic E-state index is 13.3. The third kappa shape index (κ3) is 3.79. The van der Waals surface area contributed by atoms with E-state index >= 15 is 0 Å². The zero-order valence-electron chi connectivity index (χ0n) is 20.3. The summed E-state index contributed by atoms with van der Waals surface area (Å²) in [5.41, 5.74) is 4.13. The van der Waals surface area contributed by atoms with Crippen LogP contribution in [0.4, 0.5) is 0 Å². The molecule has 0 aromatic heterocycles. The average molecular weight is 488 g/mol. The Labute approximate surface area is 208 Å². The molecule has 0 amide bonds. The number of hydrogen-bond acceptors (Lipinski definition) is 8. The maximum absolute atomic E-state index is 13.3. The van der Waals surface area contributed by atoms with Crippen molar-refractivity contribution in [1.29, 1.82) is 0 Å². The van der Waals surface area contributed by atoms with Crippen LogP contribution in [0.15, 0.2) is 48.2 Å². The second kappa shape index (κ2) is 8.80. The molecule has 0 radical (unpaired) electrons. The van der Waals surface area contributed by atoms with Gasteiger partial charge in [-0.3, -0.25) is 9.69 Å². The highest BCUT2D eigenvalue weighted by Gasteiger charge is 2.35. The Balaban J connectivity index is 1.28. The van der Waals surface area contributed by atoms with Gasteiger partial charge in [0.15, 0.2) is 28.8 Å². The van der Waals surface area contributed by atoms with Gasteiger partial charge in [0.1, 0.15) is 18.2 Å². The second-order valence-corrected chi connectivity index (χ2v) is 8.88. The van der Waals surface area contributed by atoms with Crippen molar-refractivity contribution in [3.8, 4) is 34.5 Å². The summed E-state index contributed by atoms with van der Waals surface area (Å²) in [6, 6.07) is 13.3. The van der Waals surface area contributed by atoms with E-state index in [9.17, 15) is 4.79 Å². The molecular weight excluding hydrogens is 462 g/mol. The highest BCUT2D eigenvalue weighted by atomic mass is 16.7. The molecule has 184 valence electrons. The molecule has 3 heterocycles. The quantitative estimate of drug-likeness (QED) is 0.479. The van der Waals surface area contributed by atoms with Crippen molar-refractivity contribution in [3.63, 3.8) is 0 Å². The molecule has 0 saturated carbocycles. The van der Waals surface area contributed by atoms with Crippen molar-refractivity contribution in [1.82, 2.24) is 4.90 Å². The van der Waals surface area contributed by atoms with Crippen molar-refractivity contribution >= 4 is 11.9 Å². The zero-order valence-corrected chi connectivity index (χ0v) is 20.3. The fourth-order valence-corrected chi connectivity index (χ4v) is 4.77. The molecule has 3 aromatic rings. The number of ether oxygens (including phenoxy) is 6. The van der Waals surface area contributed by atoms with Gasteiger partial charge in [0.25, 0.3) is 0 Å². The number of Topliss-reactive ketones (excluding diaryl/α,β-unsaturated/α-hetero) is 1. The average Bonchev–Trinajstić information content (AvgIpc) is 3.49. The standard InChI is InChI=1S/C28H25NO7/c1-16-8-22-19(13-29(14-33-22)12-18-5-7-21-24(11-18)35-15-34-21)28-26(16)27(30)25(36-28)10-17-4-6-20(31-2)23(9-17)32-3/h4-11H,12-15H2,1-3H3/b25-10-. The molecule has 0 atom stereocenters. The van der Waals surface area contributed by atoms with E-state index in [-0.39, 0.29) is 18.3 Å². The lowest BCUT2D eigenvalue weighted by atomic mass is 9.98. The predicted molar refractivity (Wildman–Crippen MR) is 131 cm³/mol. The smallest absolute Gasteiger partial charge is 0.232 e. The molecule has 0 fully saturated rings. The molecule has 3 aliphatic heterocycles. The predicted octanol–water partition coefficient (Wildman–Crippen LogP) is 4.71. The van der Waals surface area contributed by atoms with E-state index in [0.717, 1.165) is 39.5 Å². The van der Waals surface area contributed by atoms with Crippen molar-refractivity contribution in [2.45, 2.75) is 20.0 Å². The van der Waals surface area contributed by atoms with E-state index in [4.69, 9.17) is 28.4 Å². The van der Waals surface area contributed by atoms with Crippen LogP contribution >= 0.6 is 0 Å². The van der Waals surface area contributed by atoms with Gasteiger partial charge in [-0.25, -0.2) is 0 Å². The number of carbonyl (C=O) groups is 1. The first-order chi connectivity index (χ1) is 17.5. The van der Waals surface area contributed by atoms with Gasteiger partial charge < -0.3 is 28.4 Å². The van der Waals surface area contributed by atoms with E-state index in [1.54, 1.807) is 26.4 Å². The summed E-state index contributed by atoms with van der Waals surface area (Å²) >= 11 is 0. The molecule has 6 rings (SSSR count). The van der Waals surface area contributed by atoms with Gasteiger partial charge in [0.2, 0.25) is 12.6 Å². The molecular formula is C28H25NO7. The molecule has 8 heteroatoms. The molecule has 0 aliphatic carbocycles. The Kier molecular flexibility index (Phi) is 5.45. The molecule has 0 unspecified atom stereocenters. The van der Waals surface area contributed by atoms with Crippen molar-refractivity contribution in [2.24, 2.45) is 0 Å². The van der Waals surface area contributed by atoms with Gasteiger partial charge in [0, 0.05) is 13.1 Å². The van der Waals surface area contributed by atoms with Crippen LogP contribution in [-0.2, 0) is 13.1 Å². The number of fused-ring (bicyclic) bond motifs is 4. The molecule has 0 bridgehead atoms. The largest absolute Gasteiger partial charge is 0.493 e. The van der Waals surface area contributed by atoms with E-state index in [0.29, 0.717) is 42.6 Å². The van der Waals surface area contributed by atoms with Crippen LogP contribution in [0.2, 0.25) is 0 Å². The first-order valence-corrected chi connectivity index (χ1v) is 11.6. The minimum Gasteiger partial charge on any atom is -0.493 e. The number of hydrogen-bond donors (Lipinski definition) is 0. The van der Waals surface area contributed by atoms with Crippen molar-refractivity contribution < 1.29 is 33.2 Å². The van der Waals surface area contributed by atoms with Gasteiger partial charge in [0.05, 0.1) is 25.3 Å². The SMILES string of the molecule is COc1ccc(/C=C2\Oc3c4c(cc(C)c3C2=O)OCN(Cc2ccc3c(c2)OCO3)C4)cc1OC. The minimum atomic E-state index is -0.145. The first kappa shape index (κ1) is 22.3. The van der Waals surface area contributed by atoms with Crippen LogP contribution in [0, 0.1) is 6.92 Å². The van der Waals surface area contributed by atoms with E-state index < -0.39 is 0 Å². The topological polar surface area (TPSA) is 75.7 Å². The third-order valence-electron chi connectivity index (χ3n) is 6.54. The van der Waals surface area contributed by atoms with Gasteiger partial charge in [-0.2, -0.15) is 0 Å². The summed E-state index contributed by atoms with van der Waals surface area (Å²) in [5.74, 6) is 4.14. The van der Waals surface area contributed by atoms with E-state index in [1.807, 2.05) is 43.3 Å². The Morgan fingerprint density at radius 2 is 1.78 bits per heavy atom. The highest BCUT2D eigenvalue weighted by Crippen LogP contribution is 2.44. The summed E-state index contributed by atoms with van der Waals surface area (Å²) < 4.78 is 33.9. The number of allylic oxidation sites excluding steroid dienone is 1. The van der Waals surface area contributed by atoms with Gasteiger partial charge in [-0.1, -0.05) is 12.1 Å². The first-order valence-electron chi connectivity index (χ1n) is 11.6. The molecule has 0 spiro atoms. The summed E-state index contributed by atoms with van der Waals surface area (Å²) in [6.07, 6.45) is 1.73. The van der Waals surface area contributed by atoms with Crippen LogP contribution in [0.25, 0.3) is 6.08 Å². The van der Waals surface area contributed by atoms with Crippen LogP contribution in [0.3, 0.4) is 0 Å². The fourth-order valence-electron chi connectivity index (χ4n) is 4.77. The Hall–Kier alpha value is -4.17. The number of rotatable bonds is 5. The highest BCUT2D eigenvalue weighted by molar-refractivity contribution is 6.16. The van der Waals surface area contributed by atoms with Crippen LogP contribution < -0.4 is 28.4 Å². The van der Waals surface area contributed by atoms with Crippen LogP contribution in [0.1, 0.15) is 32.6 Å². The summed E-state index contributed by atoms with van der Waals surface area (Å²) in [6.45, 7) is 3.82. The molecule has 3 aliphatic rings. The number of ketones is 1. The maximum Gasteiger partial charge on any atom is 0.232 e. The summed E-state index contributed by atoms with van der Waals surface area (Å²) in [5, 5.41) is 0. The van der Waals surface area contributed by atoms with Gasteiger partial charge >= 0.3 is 0 Å². The Bertz CT molecular complexity index is 1410. The monoisotopic (exact) mass is 487 g/mol. The normalized spacial score (nSPS) is 16.9. The fraction of sp³-hybridized carbons (Fsp3) is 0.250. The number of nitrogens with zero attached hydrogens (tertiary/aromatic N) is 1. The minimum absolute atomic E-state index is 0.145. The Morgan fingerprint density at radius 1 is 0.944 bits per heavy atom. The van der Waals surface area contributed by atoms with Crippen molar-refractivity contribution in [3.05, 3.63) is 76.0 Å². The van der Waals surface area contributed by atoms with E-state index in [1.165, 1.54) is 0 Å². The lowest BCUT2D eigenvalue weighted by molar-refractivity contribution is 0.0871. The number of aryl methyl sites for hydroxylation is 1. The Morgan fingerprint density at radius 3 is 2.61 bits per heavy atom. The molecule has 0 N–H and O–H groups in total. The van der Waals surface area contributed by atoms with Crippen LogP contribution in [-0.4, -0.2) is 38.4 Å². The summed E-state index contributed by atoms with van der Waals surface area (Å²) in [4.78, 5) is 15.5. The molecule has 3 aromatic carbocycles. The summed E-state index contributed by atoms with van der Waals surface area (Å²) in [7, 11) is 3.16. The van der Waals surface area contributed by atoms with Gasteiger partial charge in [-0.05, 0) is 60.0 Å². The third-order valence-corrected chi connectivity index (χ3v) is 6.54. The van der Waals surface area contributed by atoms with Gasteiger partial charge in [-0.15, -0.1) is 0 Å². The molecule has 36 heavy (non-hydrogen) atoms. The molecule has 8 nitrogen and oxygen atoms in total. The zero-order chi connectivity index (χ0) is 24.8.